The van der Waals surface area contributed by atoms with E-state index < -0.39 is 0 Å². The second kappa shape index (κ2) is 12.0. The van der Waals surface area contributed by atoms with E-state index in [-0.39, 0.29) is 0 Å². The van der Waals surface area contributed by atoms with Gasteiger partial charge in [-0.1, -0.05) is 57.6 Å². The summed E-state index contributed by atoms with van der Waals surface area (Å²) < 4.78 is 0. The van der Waals surface area contributed by atoms with Gasteiger partial charge in [-0.05, 0) is 12.8 Å². The second-order valence-electron chi connectivity index (χ2n) is 5.66. The summed E-state index contributed by atoms with van der Waals surface area (Å²) in [7, 11) is 0. The minimum Gasteiger partial charge on any atom is -0.357 e. The Kier molecular flexibility index (Phi) is 10.3. The van der Waals surface area contributed by atoms with E-state index in [0.29, 0.717) is 0 Å². The third kappa shape index (κ3) is 7.68. The predicted molar refractivity (Wildman–Crippen MR) is 89.3 cm³/mol. The first-order valence-corrected chi connectivity index (χ1v) is 8.51. The van der Waals surface area contributed by atoms with Crippen LogP contribution in [0.5, 0.6) is 0 Å². The third-order valence-electron chi connectivity index (χ3n) is 3.87. The summed E-state index contributed by atoms with van der Waals surface area (Å²) >= 11 is 0. The van der Waals surface area contributed by atoms with Gasteiger partial charge in [-0.3, -0.25) is 4.99 Å². The van der Waals surface area contributed by atoms with Crippen molar-refractivity contribution in [2.75, 3.05) is 26.2 Å². The van der Waals surface area contributed by atoms with Crippen molar-refractivity contribution in [1.29, 1.82) is 0 Å². The highest BCUT2D eigenvalue weighted by Crippen LogP contribution is 2.09. The molecule has 0 aliphatic carbocycles. The van der Waals surface area contributed by atoms with Gasteiger partial charge in [0.15, 0.2) is 0 Å². The third-order valence-corrected chi connectivity index (χ3v) is 3.87. The van der Waals surface area contributed by atoms with Crippen molar-refractivity contribution in [3.63, 3.8) is 0 Å². The molecule has 0 aromatic rings. The van der Waals surface area contributed by atoms with E-state index in [0.717, 1.165) is 32.6 Å². The zero-order chi connectivity index (χ0) is 14.5. The van der Waals surface area contributed by atoms with Crippen LogP contribution in [-0.4, -0.2) is 36.9 Å². The summed E-state index contributed by atoms with van der Waals surface area (Å²) in [6.45, 7) is 5.94. The van der Waals surface area contributed by atoms with Gasteiger partial charge in [0.1, 0.15) is 5.84 Å². The first-order valence-electron chi connectivity index (χ1n) is 8.51. The van der Waals surface area contributed by atoms with Gasteiger partial charge in [0.05, 0.1) is 6.54 Å². The van der Waals surface area contributed by atoms with E-state index in [1.807, 2.05) is 0 Å². The maximum Gasteiger partial charge on any atom is 0.103 e. The van der Waals surface area contributed by atoms with Crippen LogP contribution in [0.15, 0.2) is 17.1 Å². The molecular formula is C17H33N3. The van der Waals surface area contributed by atoms with Gasteiger partial charge in [-0.15, -0.1) is 0 Å². The van der Waals surface area contributed by atoms with Crippen LogP contribution in [0.3, 0.4) is 0 Å². The van der Waals surface area contributed by atoms with E-state index in [4.69, 9.17) is 5.73 Å². The fraction of sp³-hybridized carbons (Fsp3) is 0.824. The predicted octanol–water partition coefficient (Wildman–Crippen LogP) is 3.75. The van der Waals surface area contributed by atoms with Crippen LogP contribution < -0.4 is 5.73 Å². The Hall–Kier alpha value is -0.830. The van der Waals surface area contributed by atoms with E-state index in [1.165, 1.54) is 57.2 Å². The van der Waals surface area contributed by atoms with Crippen molar-refractivity contribution in [3.8, 4) is 0 Å². The second-order valence-corrected chi connectivity index (χ2v) is 5.66. The average molecular weight is 279 g/mol. The largest absolute Gasteiger partial charge is 0.357 e. The highest BCUT2D eigenvalue weighted by atomic mass is 15.2. The van der Waals surface area contributed by atoms with Gasteiger partial charge in [0.2, 0.25) is 0 Å². The lowest BCUT2D eigenvalue weighted by Gasteiger charge is -2.18. The molecule has 1 aliphatic heterocycles. The Balaban J connectivity index is 1.97. The van der Waals surface area contributed by atoms with Gasteiger partial charge in [0, 0.05) is 26.1 Å². The Morgan fingerprint density at radius 3 is 2.60 bits per heavy atom. The van der Waals surface area contributed by atoms with E-state index in [1.54, 1.807) is 0 Å². The normalized spacial score (nSPS) is 15.3. The molecule has 0 saturated heterocycles. The van der Waals surface area contributed by atoms with Crippen molar-refractivity contribution in [3.05, 3.63) is 12.2 Å². The summed E-state index contributed by atoms with van der Waals surface area (Å²) in [5.74, 6) is 1.23. The summed E-state index contributed by atoms with van der Waals surface area (Å²) in [5, 5.41) is 0. The van der Waals surface area contributed by atoms with Crippen LogP contribution in [0, 0.1) is 0 Å². The quantitative estimate of drug-likeness (QED) is 0.437. The number of amidine groups is 1. The Labute approximate surface area is 125 Å². The number of hydrogen-bond acceptors (Lipinski definition) is 3. The Morgan fingerprint density at radius 2 is 1.85 bits per heavy atom. The van der Waals surface area contributed by atoms with Gasteiger partial charge in [-0.25, -0.2) is 0 Å². The molecule has 0 radical (unpaired) electrons. The lowest BCUT2D eigenvalue weighted by molar-refractivity contribution is 0.462. The summed E-state index contributed by atoms with van der Waals surface area (Å²) in [6.07, 6.45) is 16.5. The Bertz CT molecular complexity index is 284. The fourth-order valence-corrected chi connectivity index (χ4v) is 2.65. The maximum absolute atomic E-state index is 5.61. The molecule has 1 aliphatic rings. The molecule has 3 heteroatoms. The summed E-state index contributed by atoms with van der Waals surface area (Å²) in [4.78, 5) is 6.86. The molecule has 0 fully saturated rings. The SMILES string of the molecule is CCCCCCCCC/C=C/CC1=NCCN1CCN. The summed E-state index contributed by atoms with van der Waals surface area (Å²) in [5.41, 5.74) is 5.61. The topological polar surface area (TPSA) is 41.6 Å². The number of rotatable bonds is 12. The molecule has 3 nitrogen and oxygen atoms in total. The molecule has 0 amide bonds. The van der Waals surface area contributed by atoms with Crippen molar-refractivity contribution in [2.24, 2.45) is 10.7 Å². The van der Waals surface area contributed by atoms with Gasteiger partial charge >= 0.3 is 0 Å². The van der Waals surface area contributed by atoms with Crippen molar-refractivity contribution < 1.29 is 0 Å². The van der Waals surface area contributed by atoms with Crippen LogP contribution in [0.1, 0.15) is 64.7 Å². The molecule has 0 spiro atoms. The molecule has 0 aromatic heterocycles. The molecule has 116 valence electrons. The zero-order valence-electron chi connectivity index (χ0n) is 13.3. The molecular weight excluding hydrogens is 246 g/mol. The molecule has 1 heterocycles. The van der Waals surface area contributed by atoms with Gasteiger partial charge in [0.25, 0.3) is 0 Å². The minimum atomic E-state index is 0.723. The number of unbranched alkanes of at least 4 members (excludes halogenated alkanes) is 7. The first-order chi connectivity index (χ1) is 9.88. The first kappa shape index (κ1) is 17.2. The smallest absolute Gasteiger partial charge is 0.103 e. The maximum atomic E-state index is 5.61. The van der Waals surface area contributed by atoms with E-state index >= 15 is 0 Å². The molecule has 0 bridgehead atoms. The van der Waals surface area contributed by atoms with Crippen LogP contribution in [-0.2, 0) is 0 Å². The minimum absolute atomic E-state index is 0.723. The Morgan fingerprint density at radius 1 is 1.10 bits per heavy atom. The number of aliphatic imine (C=N–C) groups is 1. The van der Waals surface area contributed by atoms with E-state index in [9.17, 15) is 0 Å². The van der Waals surface area contributed by atoms with Crippen molar-refractivity contribution >= 4 is 5.84 Å². The molecule has 2 N–H and O–H groups in total. The number of nitrogens with two attached hydrogens (primary N) is 1. The highest BCUT2D eigenvalue weighted by molar-refractivity contribution is 5.85. The fourth-order valence-electron chi connectivity index (χ4n) is 2.65. The van der Waals surface area contributed by atoms with Crippen LogP contribution in [0.2, 0.25) is 0 Å². The molecule has 0 aromatic carbocycles. The van der Waals surface area contributed by atoms with Crippen LogP contribution >= 0.6 is 0 Å². The zero-order valence-corrected chi connectivity index (χ0v) is 13.3. The van der Waals surface area contributed by atoms with Crippen LogP contribution in [0.4, 0.5) is 0 Å². The molecule has 20 heavy (non-hydrogen) atoms. The van der Waals surface area contributed by atoms with Gasteiger partial charge < -0.3 is 10.6 Å². The molecule has 1 rings (SSSR count). The van der Waals surface area contributed by atoms with Crippen molar-refractivity contribution in [1.82, 2.24) is 4.90 Å². The summed E-state index contributed by atoms with van der Waals surface area (Å²) in [6, 6.07) is 0. The molecule has 0 unspecified atom stereocenters. The molecule has 0 atom stereocenters. The number of nitrogens with zero attached hydrogens (tertiary/aromatic N) is 2. The van der Waals surface area contributed by atoms with Crippen LogP contribution in [0.25, 0.3) is 0 Å². The lowest BCUT2D eigenvalue weighted by atomic mass is 10.1. The lowest BCUT2D eigenvalue weighted by Crippen LogP contribution is -2.32. The van der Waals surface area contributed by atoms with E-state index in [2.05, 4.69) is 29.0 Å². The number of hydrogen-bond donors (Lipinski definition) is 1. The standard InChI is InChI=1S/C17H33N3/c1-2-3-4-5-6-7-8-9-10-11-12-17-19-14-16-20(17)15-13-18/h10-11H,2-9,12-16,18H2,1H3/b11-10+. The molecule has 0 saturated carbocycles. The number of allylic oxidation sites excluding steroid dienone is 1. The monoisotopic (exact) mass is 279 g/mol. The van der Waals surface area contributed by atoms with Gasteiger partial charge in [-0.2, -0.15) is 0 Å². The highest BCUT2D eigenvalue weighted by Gasteiger charge is 2.13. The average Bonchev–Trinajstić information content (AvgIpc) is 2.89. The van der Waals surface area contributed by atoms with Crippen molar-refractivity contribution in [2.45, 2.75) is 64.7 Å².